The van der Waals surface area contributed by atoms with Crippen LogP contribution in [-0.2, 0) is 4.79 Å². The van der Waals surface area contributed by atoms with Crippen molar-refractivity contribution in [1.82, 2.24) is 9.55 Å². The normalized spacial score (nSPS) is 12.0. The van der Waals surface area contributed by atoms with Crippen molar-refractivity contribution in [3.8, 4) is 0 Å². The van der Waals surface area contributed by atoms with Crippen molar-refractivity contribution in [1.29, 1.82) is 0 Å². The Hall–Kier alpha value is -2.82. The number of rotatable bonds is 5. The average molecular weight is 295 g/mol. The Morgan fingerprint density at radius 2 is 2.14 bits per heavy atom. The largest absolute Gasteiger partial charge is 0.467 e. The Morgan fingerprint density at radius 1 is 1.32 bits per heavy atom. The lowest BCUT2D eigenvalue weighted by atomic mass is 10.1. The number of carbonyl (C=O) groups excluding carboxylic acids is 1. The van der Waals surface area contributed by atoms with Crippen LogP contribution in [0.2, 0.25) is 0 Å². The summed E-state index contributed by atoms with van der Waals surface area (Å²) in [5.74, 6) is 1.22. The first-order chi connectivity index (χ1) is 10.7. The number of pyridine rings is 1. The molecule has 0 aliphatic heterocycles. The van der Waals surface area contributed by atoms with Crippen LogP contribution in [0, 0.1) is 6.92 Å². The highest BCUT2D eigenvalue weighted by Crippen LogP contribution is 2.23. The molecular weight excluding hydrogens is 278 g/mol. The second-order valence-electron chi connectivity index (χ2n) is 5.13. The zero-order valence-corrected chi connectivity index (χ0v) is 12.3. The third-order valence-corrected chi connectivity index (χ3v) is 3.42. The zero-order valence-electron chi connectivity index (χ0n) is 12.3. The third-order valence-electron chi connectivity index (χ3n) is 3.42. The fourth-order valence-corrected chi connectivity index (χ4v) is 2.36. The molecule has 5 heteroatoms. The van der Waals surface area contributed by atoms with Gasteiger partial charge in [0, 0.05) is 18.6 Å². The molecule has 5 nitrogen and oxygen atoms in total. The van der Waals surface area contributed by atoms with E-state index in [0.29, 0.717) is 5.82 Å². The van der Waals surface area contributed by atoms with Crippen molar-refractivity contribution < 1.29 is 9.21 Å². The summed E-state index contributed by atoms with van der Waals surface area (Å²) in [6, 6.07) is 11.1. The summed E-state index contributed by atoms with van der Waals surface area (Å²) in [4.78, 5) is 16.5. The van der Waals surface area contributed by atoms with Gasteiger partial charge in [-0.15, -0.1) is 0 Å². The minimum absolute atomic E-state index is 0.104. The van der Waals surface area contributed by atoms with E-state index in [-0.39, 0.29) is 18.4 Å². The van der Waals surface area contributed by atoms with Gasteiger partial charge in [0.15, 0.2) is 0 Å². The number of hydrogen-bond donors (Lipinski definition) is 1. The highest BCUT2D eigenvalue weighted by molar-refractivity contribution is 5.90. The van der Waals surface area contributed by atoms with Crippen LogP contribution in [0.25, 0.3) is 0 Å². The summed E-state index contributed by atoms with van der Waals surface area (Å²) < 4.78 is 7.43. The molecule has 0 saturated carbocycles. The first kappa shape index (κ1) is 14.1. The fourth-order valence-electron chi connectivity index (χ4n) is 2.36. The summed E-state index contributed by atoms with van der Waals surface area (Å²) in [6.45, 7) is 1.96. The predicted octanol–water partition coefficient (Wildman–Crippen LogP) is 3.40. The lowest BCUT2D eigenvalue weighted by Gasteiger charge is -2.16. The maximum Gasteiger partial charge on any atom is 0.228 e. The molecule has 0 saturated heterocycles. The van der Waals surface area contributed by atoms with Gasteiger partial charge in [0.1, 0.15) is 11.6 Å². The molecule has 1 atom stereocenters. The van der Waals surface area contributed by atoms with Crippen molar-refractivity contribution in [2.45, 2.75) is 19.4 Å². The Bertz CT molecular complexity index is 699. The van der Waals surface area contributed by atoms with Crippen LogP contribution in [0.5, 0.6) is 0 Å². The van der Waals surface area contributed by atoms with Crippen LogP contribution < -0.4 is 5.32 Å². The van der Waals surface area contributed by atoms with Gasteiger partial charge in [-0.25, -0.2) is 4.98 Å². The molecule has 0 aromatic carbocycles. The van der Waals surface area contributed by atoms with Gasteiger partial charge in [0.05, 0.1) is 18.7 Å². The van der Waals surface area contributed by atoms with Crippen molar-refractivity contribution >= 4 is 11.7 Å². The molecule has 3 heterocycles. The number of nitrogens with zero attached hydrogens (tertiary/aromatic N) is 2. The molecule has 0 fully saturated rings. The van der Waals surface area contributed by atoms with E-state index in [1.54, 1.807) is 12.5 Å². The first-order valence-corrected chi connectivity index (χ1v) is 7.11. The molecule has 1 amide bonds. The lowest BCUT2D eigenvalue weighted by Crippen LogP contribution is -2.19. The summed E-state index contributed by atoms with van der Waals surface area (Å²) in [5.41, 5.74) is 1.05. The molecule has 1 N–H and O–H groups in total. The van der Waals surface area contributed by atoms with Crippen molar-refractivity contribution in [2.24, 2.45) is 0 Å². The van der Waals surface area contributed by atoms with Gasteiger partial charge in [-0.3, -0.25) is 4.79 Å². The molecular formula is C17H17N3O2. The number of amides is 1. The average Bonchev–Trinajstić information content (AvgIpc) is 3.18. The Balaban J connectivity index is 1.75. The number of anilines is 1. The Labute approximate surface area is 128 Å². The topological polar surface area (TPSA) is 60.1 Å². The summed E-state index contributed by atoms with van der Waals surface area (Å²) in [5, 5.41) is 2.83. The highest BCUT2D eigenvalue weighted by atomic mass is 16.3. The number of carbonyl (C=O) groups is 1. The Kier molecular flexibility index (Phi) is 4.05. The van der Waals surface area contributed by atoms with Gasteiger partial charge >= 0.3 is 0 Å². The molecule has 0 bridgehead atoms. The minimum Gasteiger partial charge on any atom is -0.467 e. The predicted molar refractivity (Wildman–Crippen MR) is 83.5 cm³/mol. The van der Waals surface area contributed by atoms with Gasteiger partial charge in [-0.1, -0.05) is 0 Å². The van der Waals surface area contributed by atoms with Crippen LogP contribution >= 0.6 is 0 Å². The van der Waals surface area contributed by atoms with Gasteiger partial charge in [-0.2, -0.15) is 0 Å². The second kappa shape index (κ2) is 6.30. The number of aromatic nitrogens is 2. The van der Waals surface area contributed by atoms with Crippen molar-refractivity contribution in [3.63, 3.8) is 0 Å². The van der Waals surface area contributed by atoms with E-state index in [2.05, 4.69) is 10.3 Å². The highest BCUT2D eigenvalue weighted by Gasteiger charge is 2.20. The molecule has 0 spiro atoms. The quantitative estimate of drug-likeness (QED) is 0.784. The maximum atomic E-state index is 12.3. The van der Waals surface area contributed by atoms with Crippen LogP contribution in [-0.4, -0.2) is 15.5 Å². The number of aryl methyl sites for hydroxylation is 1. The molecule has 112 valence electrons. The SMILES string of the molecule is Cc1ccnc(NC(=O)C[C@H](c2ccco2)n2cccc2)c1. The second-order valence-corrected chi connectivity index (χ2v) is 5.13. The van der Waals surface area contributed by atoms with Crippen LogP contribution in [0.3, 0.4) is 0 Å². The minimum atomic E-state index is -0.171. The van der Waals surface area contributed by atoms with E-state index in [9.17, 15) is 4.79 Å². The van der Waals surface area contributed by atoms with E-state index in [0.717, 1.165) is 11.3 Å². The van der Waals surface area contributed by atoms with Crippen LogP contribution in [0.15, 0.2) is 65.7 Å². The maximum absolute atomic E-state index is 12.3. The molecule has 0 aliphatic carbocycles. The van der Waals surface area contributed by atoms with Crippen molar-refractivity contribution in [2.75, 3.05) is 5.32 Å². The van der Waals surface area contributed by atoms with E-state index in [4.69, 9.17) is 4.42 Å². The first-order valence-electron chi connectivity index (χ1n) is 7.11. The smallest absolute Gasteiger partial charge is 0.228 e. The van der Waals surface area contributed by atoms with Gasteiger partial charge < -0.3 is 14.3 Å². The molecule has 22 heavy (non-hydrogen) atoms. The molecule has 3 aromatic heterocycles. The summed E-state index contributed by atoms with van der Waals surface area (Å²) in [6.07, 6.45) is 7.42. The number of hydrogen-bond acceptors (Lipinski definition) is 3. The molecule has 0 aliphatic rings. The van der Waals surface area contributed by atoms with E-state index < -0.39 is 0 Å². The standard InChI is InChI=1S/C17H17N3O2/c1-13-6-7-18-16(11-13)19-17(21)12-14(15-5-4-10-22-15)20-8-2-3-9-20/h2-11,14H,12H2,1H3,(H,18,19,21)/t14-/m1/s1. The lowest BCUT2D eigenvalue weighted by molar-refractivity contribution is -0.116. The van der Waals surface area contributed by atoms with Crippen LogP contribution in [0.4, 0.5) is 5.82 Å². The zero-order chi connectivity index (χ0) is 15.4. The number of furan rings is 1. The summed E-state index contributed by atoms with van der Waals surface area (Å²) >= 11 is 0. The van der Waals surface area contributed by atoms with E-state index in [1.165, 1.54) is 0 Å². The number of nitrogens with one attached hydrogen (secondary N) is 1. The van der Waals surface area contributed by atoms with Gasteiger partial charge in [0.2, 0.25) is 5.91 Å². The molecule has 3 rings (SSSR count). The summed E-state index contributed by atoms with van der Waals surface area (Å²) in [7, 11) is 0. The molecule has 3 aromatic rings. The molecule has 0 unspecified atom stereocenters. The van der Waals surface area contributed by atoms with Crippen LogP contribution in [0.1, 0.15) is 23.8 Å². The van der Waals surface area contributed by atoms with Gasteiger partial charge in [-0.05, 0) is 48.9 Å². The van der Waals surface area contributed by atoms with E-state index in [1.807, 2.05) is 60.3 Å². The van der Waals surface area contributed by atoms with Crippen molar-refractivity contribution in [3.05, 3.63) is 72.6 Å². The third kappa shape index (κ3) is 3.25. The Morgan fingerprint density at radius 3 is 2.82 bits per heavy atom. The molecule has 0 radical (unpaired) electrons. The fraction of sp³-hybridized carbons (Fsp3) is 0.176. The van der Waals surface area contributed by atoms with E-state index >= 15 is 0 Å². The van der Waals surface area contributed by atoms with Gasteiger partial charge in [0.25, 0.3) is 0 Å². The monoisotopic (exact) mass is 295 g/mol.